The van der Waals surface area contributed by atoms with Crippen LogP contribution in [0.2, 0.25) is 0 Å². The van der Waals surface area contributed by atoms with Gasteiger partial charge in [0.25, 0.3) is 0 Å². The number of aromatic nitrogens is 1. The van der Waals surface area contributed by atoms with Crippen LogP contribution in [0.25, 0.3) is 11.1 Å². The molecule has 0 aliphatic heterocycles. The van der Waals surface area contributed by atoms with Crippen LogP contribution in [-0.2, 0) is 6.54 Å². The van der Waals surface area contributed by atoms with E-state index in [1.165, 1.54) is 4.88 Å². The molecule has 1 unspecified atom stereocenters. The summed E-state index contributed by atoms with van der Waals surface area (Å²) in [6.07, 6.45) is 0. The van der Waals surface area contributed by atoms with Crippen LogP contribution in [0.5, 0.6) is 0 Å². The van der Waals surface area contributed by atoms with Crippen LogP contribution in [0.1, 0.15) is 23.7 Å². The van der Waals surface area contributed by atoms with Gasteiger partial charge in [0.1, 0.15) is 5.52 Å². The number of hydrogen-bond acceptors (Lipinski definition) is 4. The van der Waals surface area contributed by atoms with Crippen LogP contribution >= 0.6 is 11.3 Å². The number of oxazole rings is 1. The molecule has 1 atom stereocenters. The van der Waals surface area contributed by atoms with Crippen molar-refractivity contribution in [3.05, 3.63) is 52.5 Å². The highest BCUT2D eigenvalue weighted by molar-refractivity contribution is 7.10. The van der Waals surface area contributed by atoms with Crippen LogP contribution < -0.4 is 0 Å². The number of hydrogen-bond donors (Lipinski definition) is 0. The van der Waals surface area contributed by atoms with Gasteiger partial charge >= 0.3 is 0 Å². The van der Waals surface area contributed by atoms with Crippen molar-refractivity contribution in [2.24, 2.45) is 0 Å². The second-order valence-electron chi connectivity index (χ2n) is 4.68. The Morgan fingerprint density at radius 2 is 2.11 bits per heavy atom. The van der Waals surface area contributed by atoms with Gasteiger partial charge in [-0.1, -0.05) is 18.2 Å². The summed E-state index contributed by atoms with van der Waals surface area (Å²) >= 11 is 1.78. The van der Waals surface area contributed by atoms with Crippen molar-refractivity contribution >= 4 is 22.4 Å². The van der Waals surface area contributed by atoms with E-state index in [1.807, 2.05) is 24.3 Å². The smallest absolute Gasteiger partial charge is 0.209 e. The Balaban J connectivity index is 1.77. The third-order valence-electron chi connectivity index (χ3n) is 3.34. The van der Waals surface area contributed by atoms with Crippen molar-refractivity contribution in [1.29, 1.82) is 0 Å². The molecule has 19 heavy (non-hydrogen) atoms. The zero-order valence-electron chi connectivity index (χ0n) is 11.0. The minimum absolute atomic E-state index is 0.370. The molecule has 3 aromatic rings. The Kier molecular flexibility index (Phi) is 3.36. The average Bonchev–Trinajstić information content (AvgIpc) is 3.06. The van der Waals surface area contributed by atoms with Gasteiger partial charge in [0.15, 0.2) is 5.58 Å². The number of nitrogens with zero attached hydrogens (tertiary/aromatic N) is 2. The van der Waals surface area contributed by atoms with Gasteiger partial charge in [-0.3, -0.25) is 4.90 Å². The summed E-state index contributed by atoms with van der Waals surface area (Å²) in [6, 6.07) is 12.5. The topological polar surface area (TPSA) is 29.3 Å². The van der Waals surface area contributed by atoms with Crippen LogP contribution in [0.4, 0.5) is 0 Å². The highest BCUT2D eigenvalue weighted by Gasteiger charge is 2.15. The molecule has 2 heterocycles. The molecule has 0 saturated carbocycles. The lowest BCUT2D eigenvalue weighted by Crippen LogP contribution is -2.21. The van der Waals surface area contributed by atoms with Gasteiger partial charge in [-0.05, 0) is 37.6 Å². The molecule has 0 N–H and O–H groups in total. The zero-order chi connectivity index (χ0) is 13.2. The molecule has 0 fully saturated rings. The lowest BCUT2D eigenvalue weighted by atomic mass is 10.2. The number of thiophene rings is 1. The molecule has 1 aromatic carbocycles. The van der Waals surface area contributed by atoms with E-state index in [0.717, 1.165) is 17.0 Å². The van der Waals surface area contributed by atoms with E-state index in [-0.39, 0.29) is 0 Å². The molecule has 0 radical (unpaired) electrons. The Morgan fingerprint density at radius 3 is 2.84 bits per heavy atom. The van der Waals surface area contributed by atoms with Gasteiger partial charge in [-0.25, -0.2) is 4.98 Å². The predicted octanol–water partition coefficient (Wildman–Crippen LogP) is 4.08. The maximum absolute atomic E-state index is 5.76. The van der Waals surface area contributed by atoms with Crippen LogP contribution in [0.3, 0.4) is 0 Å². The molecule has 0 saturated heterocycles. The largest absolute Gasteiger partial charge is 0.439 e. The first-order chi connectivity index (χ1) is 9.24. The van der Waals surface area contributed by atoms with E-state index >= 15 is 0 Å². The summed E-state index contributed by atoms with van der Waals surface area (Å²) < 4.78 is 5.76. The average molecular weight is 272 g/mol. The molecular formula is C15H16N2OS. The monoisotopic (exact) mass is 272 g/mol. The summed E-state index contributed by atoms with van der Waals surface area (Å²) in [5.41, 5.74) is 1.78. The quantitative estimate of drug-likeness (QED) is 0.716. The molecule has 2 aromatic heterocycles. The van der Waals surface area contributed by atoms with Crippen molar-refractivity contribution in [3.63, 3.8) is 0 Å². The standard InChI is InChI=1S/C15H16N2OS/c1-11(14-8-5-9-19-14)17(2)10-15-16-12-6-3-4-7-13(12)18-15/h3-9,11H,10H2,1-2H3. The van der Waals surface area contributed by atoms with Crippen LogP contribution in [0.15, 0.2) is 46.2 Å². The predicted molar refractivity (Wildman–Crippen MR) is 78.2 cm³/mol. The van der Waals surface area contributed by atoms with E-state index in [1.54, 1.807) is 11.3 Å². The summed E-state index contributed by atoms with van der Waals surface area (Å²) in [7, 11) is 2.10. The van der Waals surface area contributed by atoms with E-state index < -0.39 is 0 Å². The molecule has 3 rings (SSSR count). The van der Waals surface area contributed by atoms with E-state index in [4.69, 9.17) is 4.42 Å². The fraction of sp³-hybridized carbons (Fsp3) is 0.267. The van der Waals surface area contributed by atoms with Crippen molar-refractivity contribution < 1.29 is 4.42 Å². The van der Waals surface area contributed by atoms with Gasteiger partial charge in [0.05, 0.1) is 6.54 Å². The second-order valence-corrected chi connectivity index (χ2v) is 5.66. The number of rotatable bonds is 4. The minimum atomic E-state index is 0.370. The minimum Gasteiger partial charge on any atom is -0.439 e. The molecular weight excluding hydrogens is 256 g/mol. The van der Waals surface area contributed by atoms with E-state index in [2.05, 4.69) is 41.4 Å². The molecule has 0 bridgehead atoms. The lowest BCUT2D eigenvalue weighted by Gasteiger charge is -2.21. The molecule has 0 aliphatic rings. The van der Waals surface area contributed by atoms with E-state index in [9.17, 15) is 0 Å². The van der Waals surface area contributed by atoms with Gasteiger partial charge in [-0.2, -0.15) is 0 Å². The molecule has 98 valence electrons. The second kappa shape index (κ2) is 5.15. The fourth-order valence-electron chi connectivity index (χ4n) is 2.08. The zero-order valence-corrected chi connectivity index (χ0v) is 11.9. The summed E-state index contributed by atoms with van der Waals surface area (Å²) in [6.45, 7) is 2.92. The van der Waals surface area contributed by atoms with Gasteiger partial charge in [0.2, 0.25) is 5.89 Å². The summed E-state index contributed by atoms with van der Waals surface area (Å²) in [5.74, 6) is 0.770. The Labute approximate surface area is 116 Å². The van der Waals surface area contributed by atoms with Crippen LogP contribution in [-0.4, -0.2) is 16.9 Å². The third kappa shape index (κ3) is 2.55. The molecule has 0 aliphatic carbocycles. The Morgan fingerprint density at radius 1 is 1.26 bits per heavy atom. The molecule has 0 amide bonds. The Hall–Kier alpha value is -1.65. The number of para-hydroxylation sites is 2. The lowest BCUT2D eigenvalue weighted by molar-refractivity contribution is 0.233. The summed E-state index contributed by atoms with van der Waals surface area (Å²) in [4.78, 5) is 8.12. The fourth-order valence-corrected chi connectivity index (χ4v) is 2.93. The third-order valence-corrected chi connectivity index (χ3v) is 4.38. The first kappa shape index (κ1) is 12.4. The number of fused-ring (bicyclic) bond motifs is 1. The highest BCUT2D eigenvalue weighted by atomic mass is 32.1. The maximum atomic E-state index is 5.76. The number of benzene rings is 1. The summed E-state index contributed by atoms with van der Waals surface area (Å²) in [5, 5.41) is 2.11. The first-order valence-electron chi connectivity index (χ1n) is 6.32. The van der Waals surface area contributed by atoms with Crippen molar-refractivity contribution in [2.75, 3.05) is 7.05 Å². The normalized spacial score (nSPS) is 13.2. The van der Waals surface area contributed by atoms with Crippen molar-refractivity contribution in [2.45, 2.75) is 19.5 Å². The first-order valence-corrected chi connectivity index (χ1v) is 7.20. The molecule has 4 heteroatoms. The highest BCUT2D eigenvalue weighted by Crippen LogP contribution is 2.25. The van der Waals surface area contributed by atoms with Gasteiger partial charge in [0, 0.05) is 10.9 Å². The van der Waals surface area contributed by atoms with Gasteiger partial charge < -0.3 is 4.42 Å². The van der Waals surface area contributed by atoms with Crippen LogP contribution in [0, 0.1) is 0 Å². The van der Waals surface area contributed by atoms with E-state index in [0.29, 0.717) is 12.6 Å². The SMILES string of the molecule is CC(c1cccs1)N(C)Cc1nc2ccccc2o1. The van der Waals surface area contributed by atoms with Crippen molar-refractivity contribution in [1.82, 2.24) is 9.88 Å². The Bertz CT molecular complexity index is 627. The van der Waals surface area contributed by atoms with Gasteiger partial charge in [-0.15, -0.1) is 11.3 Å². The molecule has 0 spiro atoms. The molecule has 3 nitrogen and oxygen atoms in total. The maximum Gasteiger partial charge on any atom is 0.209 e. The van der Waals surface area contributed by atoms with Crippen molar-refractivity contribution in [3.8, 4) is 0 Å².